The first kappa shape index (κ1) is 16.3. The van der Waals surface area contributed by atoms with Gasteiger partial charge in [-0.05, 0) is 54.4 Å². The summed E-state index contributed by atoms with van der Waals surface area (Å²) >= 11 is 9.15. The highest BCUT2D eigenvalue weighted by Gasteiger charge is 2.19. The van der Waals surface area contributed by atoms with Crippen molar-refractivity contribution in [2.24, 2.45) is 5.73 Å². The summed E-state index contributed by atoms with van der Waals surface area (Å²) in [5.41, 5.74) is 7.42. The highest BCUT2D eigenvalue weighted by molar-refractivity contribution is 9.10. The van der Waals surface area contributed by atoms with E-state index in [1.165, 1.54) is 0 Å². The molecule has 2 aromatic rings. The molecule has 0 amide bonds. The number of halogens is 2. The standard InChI is InChI=1S/C14H14BrClN2O2S/c1-9-13(15)6-10(8-17)7-14(9)21(19,20)18-12-4-2-11(16)3-5-12/h2-7,18H,8,17H2,1H3. The maximum atomic E-state index is 12.5. The Bertz CT molecular complexity index is 761. The van der Waals surface area contributed by atoms with Crippen LogP contribution in [-0.2, 0) is 16.6 Å². The minimum Gasteiger partial charge on any atom is -0.326 e. The van der Waals surface area contributed by atoms with Crippen molar-refractivity contribution in [1.82, 2.24) is 0 Å². The lowest BCUT2D eigenvalue weighted by Gasteiger charge is -2.13. The van der Waals surface area contributed by atoms with Gasteiger partial charge in [0, 0.05) is 21.7 Å². The molecule has 2 aromatic carbocycles. The first-order valence-electron chi connectivity index (χ1n) is 6.11. The average molecular weight is 390 g/mol. The lowest BCUT2D eigenvalue weighted by Crippen LogP contribution is -2.15. The summed E-state index contributed by atoms with van der Waals surface area (Å²) in [7, 11) is -3.69. The molecule has 0 saturated carbocycles. The molecule has 2 rings (SSSR count). The molecule has 0 fully saturated rings. The summed E-state index contributed by atoms with van der Waals surface area (Å²) in [5, 5.41) is 0.544. The molecule has 21 heavy (non-hydrogen) atoms. The van der Waals surface area contributed by atoms with Gasteiger partial charge in [-0.3, -0.25) is 4.72 Å². The number of hydrogen-bond donors (Lipinski definition) is 2. The molecule has 0 aliphatic rings. The van der Waals surface area contributed by atoms with E-state index in [-0.39, 0.29) is 11.4 Å². The van der Waals surface area contributed by atoms with Crippen LogP contribution in [0, 0.1) is 6.92 Å². The highest BCUT2D eigenvalue weighted by Crippen LogP contribution is 2.27. The molecular formula is C14H14BrClN2O2S. The Hall–Kier alpha value is -1.08. The summed E-state index contributed by atoms with van der Waals surface area (Å²) in [6, 6.07) is 9.86. The molecule has 0 heterocycles. The zero-order valence-corrected chi connectivity index (χ0v) is 14.4. The Morgan fingerprint density at radius 2 is 1.86 bits per heavy atom. The van der Waals surface area contributed by atoms with Crippen LogP contribution in [0.3, 0.4) is 0 Å². The van der Waals surface area contributed by atoms with Crippen molar-refractivity contribution < 1.29 is 8.42 Å². The number of benzene rings is 2. The van der Waals surface area contributed by atoms with Crippen molar-refractivity contribution in [2.45, 2.75) is 18.4 Å². The Balaban J connectivity index is 2.44. The van der Waals surface area contributed by atoms with Gasteiger partial charge in [-0.15, -0.1) is 0 Å². The van der Waals surface area contributed by atoms with E-state index in [9.17, 15) is 8.42 Å². The van der Waals surface area contributed by atoms with E-state index in [4.69, 9.17) is 17.3 Å². The van der Waals surface area contributed by atoms with E-state index < -0.39 is 10.0 Å². The van der Waals surface area contributed by atoms with Crippen LogP contribution in [0.1, 0.15) is 11.1 Å². The fourth-order valence-electron chi connectivity index (χ4n) is 1.83. The van der Waals surface area contributed by atoms with Gasteiger partial charge in [-0.2, -0.15) is 0 Å². The Morgan fingerprint density at radius 1 is 1.24 bits per heavy atom. The van der Waals surface area contributed by atoms with Gasteiger partial charge in [-0.25, -0.2) is 8.42 Å². The SMILES string of the molecule is Cc1c(Br)cc(CN)cc1S(=O)(=O)Nc1ccc(Cl)cc1. The number of nitrogens with two attached hydrogens (primary N) is 1. The van der Waals surface area contributed by atoms with Crippen molar-refractivity contribution in [3.05, 3.63) is 57.0 Å². The number of rotatable bonds is 4. The van der Waals surface area contributed by atoms with E-state index >= 15 is 0 Å². The van der Waals surface area contributed by atoms with Gasteiger partial charge in [0.25, 0.3) is 10.0 Å². The number of hydrogen-bond acceptors (Lipinski definition) is 3. The molecule has 0 aromatic heterocycles. The van der Waals surface area contributed by atoms with Gasteiger partial charge < -0.3 is 5.73 Å². The van der Waals surface area contributed by atoms with Gasteiger partial charge in [0.05, 0.1) is 4.90 Å². The summed E-state index contributed by atoms with van der Waals surface area (Å²) in [4.78, 5) is 0.201. The van der Waals surface area contributed by atoms with Gasteiger partial charge in [0.1, 0.15) is 0 Å². The van der Waals surface area contributed by atoms with Crippen molar-refractivity contribution in [1.29, 1.82) is 0 Å². The van der Waals surface area contributed by atoms with Gasteiger partial charge in [0.15, 0.2) is 0 Å². The lowest BCUT2D eigenvalue weighted by molar-refractivity contribution is 0.600. The Morgan fingerprint density at radius 3 is 2.43 bits per heavy atom. The van der Waals surface area contributed by atoms with Crippen LogP contribution in [-0.4, -0.2) is 8.42 Å². The smallest absolute Gasteiger partial charge is 0.262 e. The van der Waals surface area contributed by atoms with Crippen molar-refractivity contribution >= 4 is 43.2 Å². The third-order valence-corrected chi connectivity index (χ3v) is 5.56. The summed E-state index contributed by atoms with van der Waals surface area (Å²) < 4.78 is 28.3. The van der Waals surface area contributed by atoms with E-state index in [2.05, 4.69) is 20.7 Å². The number of nitrogens with one attached hydrogen (secondary N) is 1. The zero-order chi connectivity index (χ0) is 15.6. The van der Waals surface area contributed by atoms with Crippen molar-refractivity contribution in [3.63, 3.8) is 0 Å². The molecular weight excluding hydrogens is 376 g/mol. The monoisotopic (exact) mass is 388 g/mol. The minimum absolute atomic E-state index is 0.201. The normalized spacial score (nSPS) is 11.4. The molecule has 0 bridgehead atoms. The fraction of sp³-hybridized carbons (Fsp3) is 0.143. The van der Waals surface area contributed by atoms with Crippen LogP contribution in [0.4, 0.5) is 5.69 Å². The molecule has 112 valence electrons. The van der Waals surface area contributed by atoms with Crippen LogP contribution in [0.15, 0.2) is 45.8 Å². The third-order valence-electron chi connectivity index (χ3n) is 2.98. The fourth-order valence-corrected chi connectivity index (χ4v) is 3.97. The van der Waals surface area contributed by atoms with Gasteiger partial charge in [-0.1, -0.05) is 27.5 Å². The average Bonchev–Trinajstić information content (AvgIpc) is 2.43. The summed E-state index contributed by atoms with van der Waals surface area (Å²) in [6.45, 7) is 2.00. The molecule has 0 aliphatic carbocycles. The lowest BCUT2D eigenvalue weighted by atomic mass is 10.1. The second kappa shape index (κ2) is 6.36. The predicted octanol–water partition coefficient (Wildman–Crippen LogP) is 3.67. The second-order valence-electron chi connectivity index (χ2n) is 4.52. The van der Waals surface area contributed by atoms with Gasteiger partial charge >= 0.3 is 0 Å². The second-order valence-corrected chi connectivity index (χ2v) is 7.46. The molecule has 0 atom stereocenters. The summed E-state index contributed by atoms with van der Waals surface area (Å²) in [5.74, 6) is 0. The molecule has 0 saturated heterocycles. The highest BCUT2D eigenvalue weighted by atomic mass is 79.9. The van der Waals surface area contributed by atoms with Crippen LogP contribution >= 0.6 is 27.5 Å². The molecule has 3 N–H and O–H groups in total. The molecule has 7 heteroatoms. The largest absolute Gasteiger partial charge is 0.326 e. The quantitative estimate of drug-likeness (QED) is 0.838. The van der Waals surface area contributed by atoms with E-state index in [1.54, 1.807) is 37.3 Å². The zero-order valence-electron chi connectivity index (χ0n) is 11.2. The minimum atomic E-state index is -3.69. The first-order valence-corrected chi connectivity index (χ1v) is 8.76. The van der Waals surface area contributed by atoms with E-state index in [0.717, 1.165) is 5.56 Å². The maximum Gasteiger partial charge on any atom is 0.262 e. The van der Waals surface area contributed by atoms with E-state index in [0.29, 0.717) is 20.7 Å². The summed E-state index contributed by atoms with van der Waals surface area (Å²) in [6.07, 6.45) is 0. The van der Waals surface area contributed by atoms with Crippen LogP contribution in [0.2, 0.25) is 5.02 Å². The maximum absolute atomic E-state index is 12.5. The molecule has 0 spiro atoms. The van der Waals surface area contributed by atoms with Crippen molar-refractivity contribution in [3.8, 4) is 0 Å². The molecule has 4 nitrogen and oxygen atoms in total. The van der Waals surface area contributed by atoms with E-state index in [1.807, 2.05) is 6.07 Å². The number of anilines is 1. The molecule has 0 unspecified atom stereocenters. The molecule has 0 aliphatic heterocycles. The van der Waals surface area contributed by atoms with Crippen LogP contribution in [0.25, 0.3) is 0 Å². The Kier molecular flexibility index (Phi) is 4.93. The van der Waals surface area contributed by atoms with Crippen LogP contribution < -0.4 is 10.5 Å². The van der Waals surface area contributed by atoms with Crippen LogP contribution in [0.5, 0.6) is 0 Å². The predicted molar refractivity (Wildman–Crippen MR) is 89.0 cm³/mol. The van der Waals surface area contributed by atoms with Crippen molar-refractivity contribution in [2.75, 3.05) is 4.72 Å². The molecule has 0 radical (unpaired) electrons. The first-order chi connectivity index (χ1) is 9.83. The Labute approximate surface area is 137 Å². The van der Waals surface area contributed by atoms with Gasteiger partial charge in [0.2, 0.25) is 0 Å². The topological polar surface area (TPSA) is 72.2 Å². The number of sulfonamides is 1. The third kappa shape index (κ3) is 3.77.